The number of hydrogen-bond donors (Lipinski definition) is 4. The van der Waals surface area contributed by atoms with Gasteiger partial charge in [0, 0.05) is 11.1 Å². The minimum absolute atomic E-state index is 0.226. The zero-order chi connectivity index (χ0) is 22.7. The van der Waals surface area contributed by atoms with E-state index in [0.29, 0.717) is 16.7 Å². The number of esters is 1. The van der Waals surface area contributed by atoms with Crippen molar-refractivity contribution < 1.29 is 44.3 Å². The second-order valence-electron chi connectivity index (χ2n) is 7.21. The Balaban J connectivity index is 1.74. The van der Waals surface area contributed by atoms with Crippen molar-refractivity contribution in [2.75, 3.05) is 0 Å². The summed E-state index contributed by atoms with van der Waals surface area (Å²) in [7, 11) is 0. The molecule has 0 amide bonds. The average molecular weight is 430 g/mol. The fourth-order valence-corrected chi connectivity index (χ4v) is 3.21. The summed E-state index contributed by atoms with van der Waals surface area (Å²) in [4.78, 5) is 36.4. The fourth-order valence-electron chi connectivity index (χ4n) is 3.21. The zero-order valence-electron chi connectivity index (χ0n) is 16.5. The highest BCUT2D eigenvalue weighted by Crippen LogP contribution is 2.26. The van der Waals surface area contributed by atoms with Crippen LogP contribution in [0.2, 0.25) is 0 Å². The number of ether oxygens (including phenoxy) is 2. The third-order valence-corrected chi connectivity index (χ3v) is 5.08. The molecule has 31 heavy (non-hydrogen) atoms. The number of rotatable bonds is 6. The Morgan fingerprint density at radius 1 is 0.903 bits per heavy atom. The molecule has 9 heteroatoms. The van der Waals surface area contributed by atoms with Crippen LogP contribution in [0.5, 0.6) is 0 Å². The normalized spacial score (nSPS) is 26.6. The number of ketones is 1. The third kappa shape index (κ3) is 4.80. The van der Waals surface area contributed by atoms with Gasteiger partial charge in [-0.3, -0.25) is 9.59 Å². The molecular formula is C22H22O9. The lowest BCUT2D eigenvalue weighted by atomic mass is 9.95. The highest BCUT2D eigenvalue weighted by molar-refractivity contribution is 6.09. The summed E-state index contributed by atoms with van der Waals surface area (Å²) in [6.07, 6.45) is -9.27. The van der Waals surface area contributed by atoms with Crippen molar-refractivity contribution in [2.24, 2.45) is 0 Å². The Morgan fingerprint density at radius 2 is 1.55 bits per heavy atom. The van der Waals surface area contributed by atoms with Gasteiger partial charge in [0.05, 0.1) is 5.92 Å². The van der Waals surface area contributed by atoms with Gasteiger partial charge in [-0.15, -0.1) is 0 Å². The largest absolute Gasteiger partial charge is 0.479 e. The lowest BCUT2D eigenvalue weighted by molar-refractivity contribution is -0.286. The van der Waals surface area contributed by atoms with E-state index < -0.39 is 48.6 Å². The van der Waals surface area contributed by atoms with Gasteiger partial charge in [-0.05, 0) is 18.6 Å². The predicted octanol–water partition coefficient (Wildman–Crippen LogP) is 0.457. The second-order valence-corrected chi connectivity index (χ2v) is 7.21. The number of carbonyl (C=O) groups is 3. The Bertz CT molecular complexity index is 958. The molecule has 5 unspecified atom stereocenters. The van der Waals surface area contributed by atoms with Crippen molar-refractivity contribution in [2.45, 2.75) is 43.5 Å². The van der Waals surface area contributed by atoms with Crippen LogP contribution in [0, 0.1) is 0 Å². The van der Waals surface area contributed by atoms with E-state index in [9.17, 15) is 29.7 Å². The molecule has 2 aromatic carbocycles. The first kappa shape index (κ1) is 22.6. The molecule has 0 bridgehead atoms. The molecule has 0 radical (unpaired) electrons. The maximum absolute atomic E-state index is 12.6. The SMILES string of the molecule is C[C@H](C(=O)OC1OC(C(=O)O)C(O)C(O)C1O)c1cccc(C(=O)c2ccccc2)c1. The van der Waals surface area contributed by atoms with Crippen LogP contribution < -0.4 is 0 Å². The molecule has 1 fully saturated rings. The van der Waals surface area contributed by atoms with Crippen molar-refractivity contribution in [1.82, 2.24) is 0 Å². The van der Waals surface area contributed by atoms with Gasteiger partial charge < -0.3 is 29.9 Å². The summed E-state index contributed by atoms with van der Waals surface area (Å²) < 4.78 is 10.0. The van der Waals surface area contributed by atoms with Crippen LogP contribution in [0.1, 0.15) is 34.3 Å². The molecule has 1 saturated heterocycles. The van der Waals surface area contributed by atoms with Gasteiger partial charge in [0.25, 0.3) is 0 Å². The number of aliphatic carboxylic acids is 1. The van der Waals surface area contributed by atoms with E-state index in [0.717, 1.165) is 0 Å². The Labute approximate surface area is 177 Å². The smallest absolute Gasteiger partial charge is 0.335 e. The molecule has 164 valence electrons. The Kier molecular flexibility index (Phi) is 6.81. The van der Waals surface area contributed by atoms with E-state index >= 15 is 0 Å². The molecule has 0 aliphatic carbocycles. The van der Waals surface area contributed by atoms with Crippen molar-refractivity contribution in [3.05, 3.63) is 71.3 Å². The highest BCUT2D eigenvalue weighted by Gasteiger charge is 2.48. The Hall–Kier alpha value is -3.11. The maximum atomic E-state index is 12.6. The first-order valence-electron chi connectivity index (χ1n) is 9.53. The molecule has 3 rings (SSSR count). The summed E-state index contributed by atoms with van der Waals surface area (Å²) >= 11 is 0. The molecule has 4 N–H and O–H groups in total. The monoisotopic (exact) mass is 430 g/mol. The van der Waals surface area contributed by atoms with Crippen molar-refractivity contribution in [3.63, 3.8) is 0 Å². The van der Waals surface area contributed by atoms with E-state index in [2.05, 4.69) is 0 Å². The summed E-state index contributed by atoms with van der Waals surface area (Å²) in [6.45, 7) is 1.50. The van der Waals surface area contributed by atoms with E-state index in [1.807, 2.05) is 0 Å². The predicted molar refractivity (Wildman–Crippen MR) is 105 cm³/mol. The fraction of sp³-hybridized carbons (Fsp3) is 0.318. The third-order valence-electron chi connectivity index (χ3n) is 5.08. The van der Waals surface area contributed by atoms with Crippen molar-refractivity contribution in [1.29, 1.82) is 0 Å². The van der Waals surface area contributed by atoms with Crippen molar-refractivity contribution >= 4 is 17.7 Å². The number of benzene rings is 2. The molecule has 0 aromatic heterocycles. The van der Waals surface area contributed by atoms with Crippen molar-refractivity contribution in [3.8, 4) is 0 Å². The zero-order valence-corrected chi connectivity index (χ0v) is 16.5. The molecule has 1 heterocycles. The van der Waals surface area contributed by atoms with Gasteiger partial charge in [-0.2, -0.15) is 0 Å². The molecule has 1 aliphatic rings. The van der Waals surface area contributed by atoms with Crippen LogP contribution in [-0.4, -0.2) is 68.9 Å². The lowest BCUT2D eigenvalue weighted by Crippen LogP contribution is -2.60. The first-order valence-corrected chi connectivity index (χ1v) is 9.53. The van der Waals surface area contributed by atoms with Crippen LogP contribution in [-0.2, 0) is 19.1 Å². The van der Waals surface area contributed by atoms with Gasteiger partial charge in [0.15, 0.2) is 11.9 Å². The topological polar surface area (TPSA) is 151 Å². The molecular weight excluding hydrogens is 408 g/mol. The number of carboxylic acid groups (broad SMARTS) is 1. The van der Waals surface area contributed by atoms with Gasteiger partial charge in [-0.1, -0.05) is 48.5 Å². The number of aliphatic hydroxyl groups is 3. The van der Waals surface area contributed by atoms with E-state index in [-0.39, 0.29) is 5.78 Å². The minimum atomic E-state index is -1.89. The second kappa shape index (κ2) is 9.36. The van der Waals surface area contributed by atoms with Gasteiger partial charge in [0.2, 0.25) is 6.29 Å². The number of hydrogen-bond acceptors (Lipinski definition) is 8. The van der Waals surface area contributed by atoms with E-state index in [1.54, 1.807) is 48.5 Å². The summed E-state index contributed by atoms with van der Waals surface area (Å²) in [6, 6.07) is 15.0. The summed E-state index contributed by atoms with van der Waals surface area (Å²) in [5, 5.41) is 38.6. The number of carboxylic acids is 1. The standard InChI is InChI=1S/C22H22O9/c1-11(13-8-5-9-14(10-13)15(23)12-6-3-2-4-7-12)21(29)31-22-18(26)16(24)17(25)19(30-22)20(27)28/h2-11,16-19,22,24-26H,1H3,(H,27,28)/t11-,16?,17?,18?,19?,22?/m0/s1. The quantitative estimate of drug-likeness (QED) is 0.378. The van der Waals surface area contributed by atoms with E-state index in [4.69, 9.17) is 14.6 Å². The lowest BCUT2D eigenvalue weighted by Gasteiger charge is -2.38. The molecule has 6 atom stereocenters. The molecule has 9 nitrogen and oxygen atoms in total. The van der Waals surface area contributed by atoms with Gasteiger partial charge in [-0.25, -0.2) is 4.79 Å². The number of carbonyl (C=O) groups excluding carboxylic acids is 2. The van der Waals surface area contributed by atoms with Gasteiger partial charge in [0.1, 0.15) is 18.3 Å². The first-order chi connectivity index (χ1) is 14.7. The van der Waals surface area contributed by atoms with Gasteiger partial charge >= 0.3 is 11.9 Å². The molecule has 0 saturated carbocycles. The molecule has 2 aromatic rings. The molecule has 1 aliphatic heterocycles. The Morgan fingerprint density at radius 3 is 2.19 bits per heavy atom. The summed E-state index contributed by atoms with van der Waals surface area (Å²) in [5.74, 6) is -3.58. The minimum Gasteiger partial charge on any atom is -0.479 e. The summed E-state index contributed by atoms with van der Waals surface area (Å²) in [5.41, 5.74) is 1.30. The van der Waals surface area contributed by atoms with Crippen LogP contribution in [0.15, 0.2) is 54.6 Å². The van der Waals surface area contributed by atoms with Crippen LogP contribution in [0.4, 0.5) is 0 Å². The van der Waals surface area contributed by atoms with E-state index in [1.165, 1.54) is 13.0 Å². The highest BCUT2D eigenvalue weighted by atomic mass is 16.7. The van der Waals surface area contributed by atoms with Crippen LogP contribution >= 0.6 is 0 Å². The maximum Gasteiger partial charge on any atom is 0.335 e. The van der Waals surface area contributed by atoms with Crippen LogP contribution in [0.3, 0.4) is 0 Å². The average Bonchev–Trinajstić information content (AvgIpc) is 2.78. The van der Waals surface area contributed by atoms with Crippen LogP contribution in [0.25, 0.3) is 0 Å². The molecule has 0 spiro atoms. The number of aliphatic hydroxyl groups excluding tert-OH is 3.